The summed E-state index contributed by atoms with van der Waals surface area (Å²) in [7, 11) is 1.64. The van der Waals surface area contributed by atoms with Crippen molar-refractivity contribution in [3.05, 3.63) is 83.7 Å². The van der Waals surface area contributed by atoms with Crippen molar-refractivity contribution in [2.24, 2.45) is 5.41 Å². The van der Waals surface area contributed by atoms with Crippen LogP contribution in [0.5, 0.6) is 11.5 Å². The number of carbonyl (C=O) groups is 2. The zero-order chi connectivity index (χ0) is 25.3. The first-order chi connectivity index (χ1) is 17.4. The van der Waals surface area contributed by atoms with Crippen LogP contribution in [0, 0.1) is 18.2 Å². The third-order valence-corrected chi connectivity index (χ3v) is 6.44. The van der Waals surface area contributed by atoms with Crippen LogP contribution in [0.25, 0.3) is 5.76 Å². The molecule has 0 atom stereocenters. The van der Waals surface area contributed by atoms with Gasteiger partial charge in [0.1, 0.15) is 28.5 Å². The average molecular weight is 488 g/mol. The van der Waals surface area contributed by atoms with Gasteiger partial charge in [-0.3, -0.25) is 9.59 Å². The summed E-state index contributed by atoms with van der Waals surface area (Å²) >= 11 is 0. The molecule has 8 heteroatoms. The Bertz CT molecular complexity index is 1350. The zero-order valence-corrected chi connectivity index (χ0v) is 20.0. The largest absolute Gasteiger partial charge is 0.496 e. The van der Waals surface area contributed by atoms with Gasteiger partial charge in [0.05, 0.1) is 7.11 Å². The summed E-state index contributed by atoms with van der Waals surface area (Å²) in [6.07, 6.45) is 2.87. The number of fused-ring (bicyclic) bond motifs is 1. The van der Waals surface area contributed by atoms with E-state index in [2.05, 4.69) is 16.0 Å². The lowest BCUT2D eigenvalue weighted by Gasteiger charge is -2.21. The maximum absolute atomic E-state index is 13.1. The highest BCUT2D eigenvalue weighted by Crippen LogP contribution is 2.47. The first kappa shape index (κ1) is 23.4. The molecule has 1 fully saturated rings. The van der Waals surface area contributed by atoms with Crippen LogP contribution in [-0.2, 0) is 9.59 Å². The van der Waals surface area contributed by atoms with E-state index in [-0.39, 0.29) is 5.91 Å². The number of benzene rings is 3. The third kappa shape index (κ3) is 4.62. The van der Waals surface area contributed by atoms with Crippen molar-refractivity contribution in [2.45, 2.75) is 19.8 Å². The van der Waals surface area contributed by atoms with Crippen molar-refractivity contribution in [2.75, 3.05) is 29.6 Å². The molecule has 1 aliphatic carbocycles. The van der Waals surface area contributed by atoms with Gasteiger partial charge in [-0.05, 0) is 92.1 Å². The van der Waals surface area contributed by atoms with Gasteiger partial charge in [0.15, 0.2) is 0 Å². The van der Waals surface area contributed by atoms with Crippen molar-refractivity contribution in [3.8, 4) is 11.5 Å². The normalized spacial score (nSPS) is 15.0. The van der Waals surface area contributed by atoms with Crippen molar-refractivity contribution >= 4 is 34.6 Å². The molecule has 0 radical (unpaired) electrons. The Hall–Kier alpha value is -4.33. The standard InChI is InChI=1S/C28H26FN3O4/c1-17-15-23-22(16-25(17)35-2)24(11-14-30-23)36-21-9-7-20(8-10-21)32-27(34)28(12-13-28)26(33)31-19-5-3-18(29)4-6-19/h3-11,15-16,30H,12-14H2,1-2H3,(H,31,33)(H,32,34). The maximum Gasteiger partial charge on any atom is 0.240 e. The topological polar surface area (TPSA) is 88.7 Å². The third-order valence-electron chi connectivity index (χ3n) is 6.44. The van der Waals surface area contributed by atoms with Crippen molar-refractivity contribution in [1.29, 1.82) is 0 Å². The average Bonchev–Trinajstić information content (AvgIpc) is 3.69. The Morgan fingerprint density at radius 2 is 1.56 bits per heavy atom. The molecule has 1 aliphatic heterocycles. The van der Waals surface area contributed by atoms with Crippen LogP contribution in [0.2, 0.25) is 0 Å². The lowest BCUT2D eigenvalue weighted by molar-refractivity contribution is -0.131. The first-order valence-corrected chi connectivity index (χ1v) is 11.7. The van der Waals surface area contributed by atoms with Crippen LogP contribution in [-0.4, -0.2) is 25.5 Å². The van der Waals surface area contributed by atoms with E-state index in [4.69, 9.17) is 9.47 Å². The van der Waals surface area contributed by atoms with Crippen molar-refractivity contribution in [3.63, 3.8) is 0 Å². The molecule has 1 heterocycles. The van der Waals surface area contributed by atoms with Gasteiger partial charge in [-0.1, -0.05) is 0 Å². The van der Waals surface area contributed by atoms with Gasteiger partial charge in [0.2, 0.25) is 11.8 Å². The summed E-state index contributed by atoms with van der Waals surface area (Å²) in [6, 6.07) is 16.4. The summed E-state index contributed by atoms with van der Waals surface area (Å²) < 4.78 is 24.7. The lowest BCUT2D eigenvalue weighted by Crippen LogP contribution is -2.35. The molecule has 184 valence electrons. The smallest absolute Gasteiger partial charge is 0.240 e. The van der Waals surface area contributed by atoms with Gasteiger partial charge in [0.25, 0.3) is 0 Å². The van der Waals surface area contributed by atoms with Gasteiger partial charge in [-0.25, -0.2) is 4.39 Å². The number of rotatable bonds is 7. The van der Waals surface area contributed by atoms with Gasteiger partial charge >= 0.3 is 0 Å². The summed E-state index contributed by atoms with van der Waals surface area (Å²) in [4.78, 5) is 25.7. The fourth-order valence-electron chi connectivity index (χ4n) is 4.17. The van der Waals surface area contributed by atoms with Crippen LogP contribution in [0.15, 0.2) is 66.7 Å². The van der Waals surface area contributed by atoms with E-state index < -0.39 is 17.1 Å². The van der Waals surface area contributed by atoms with E-state index in [0.29, 0.717) is 42.3 Å². The number of amides is 2. The molecule has 2 amide bonds. The SMILES string of the molecule is COc1cc2c(cc1C)NCC=C2Oc1ccc(NC(=O)C2(C(=O)Nc3ccc(F)cc3)CC2)cc1. The second-order valence-corrected chi connectivity index (χ2v) is 8.94. The van der Waals surface area contributed by atoms with E-state index >= 15 is 0 Å². The quantitative estimate of drug-likeness (QED) is 0.391. The number of methoxy groups -OCH3 is 1. The number of halogens is 1. The molecule has 3 aromatic carbocycles. The molecule has 0 spiro atoms. The van der Waals surface area contributed by atoms with Crippen molar-refractivity contribution in [1.82, 2.24) is 0 Å². The number of aryl methyl sites for hydroxylation is 1. The molecule has 0 unspecified atom stereocenters. The van der Waals surface area contributed by atoms with E-state index in [0.717, 1.165) is 22.6 Å². The Labute approximate surface area is 208 Å². The van der Waals surface area contributed by atoms with Crippen LogP contribution >= 0.6 is 0 Å². The van der Waals surface area contributed by atoms with E-state index in [1.165, 1.54) is 24.3 Å². The van der Waals surface area contributed by atoms with Crippen LogP contribution in [0.4, 0.5) is 21.5 Å². The number of ether oxygens (including phenoxy) is 2. The molecule has 1 saturated carbocycles. The Kier molecular flexibility index (Phi) is 6.10. The van der Waals surface area contributed by atoms with Gasteiger partial charge in [0, 0.05) is 29.2 Å². The monoisotopic (exact) mass is 487 g/mol. The number of anilines is 3. The highest BCUT2D eigenvalue weighted by molar-refractivity contribution is 6.16. The van der Waals surface area contributed by atoms with Gasteiger partial charge in [-0.15, -0.1) is 0 Å². The molecular formula is C28H26FN3O4. The molecule has 0 saturated heterocycles. The predicted octanol–water partition coefficient (Wildman–Crippen LogP) is 5.35. The fourth-order valence-corrected chi connectivity index (χ4v) is 4.17. The molecular weight excluding hydrogens is 461 g/mol. The molecule has 2 aliphatic rings. The van der Waals surface area contributed by atoms with E-state index in [1.54, 1.807) is 31.4 Å². The van der Waals surface area contributed by atoms with Crippen LogP contribution in [0.1, 0.15) is 24.0 Å². The molecule has 7 nitrogen and oxygen atoms in total. The van der Waals surface area contributed by atoms with E-state index in [1.807, 2.05) is 25.1 Å². The second kappa shape index (κ2) is 9.37. The Morgan fingerprint density at radius 3 is 2.14 bits per heavy atom. The number of hydrogen-bond donors (Lipinski definition) is 3. The second-order valence-electron chi connectivity index (χ2n) is 8.94. The zero-order valence-electron chi connectivity index (χ0n) is 20.0. The Morgan fingerprint density at radius 1 is 0.944 bits per heavy atom. The van der Waals surface area contributed by atoms with Gasteiger partial charge in [-0.2, -0.15) is 0 Å². The van der Waals surface area contributed by atoms with E-state index in [9.17, 15) is 14.0 Å². The van der Waals surface area contributed by atoms with Crippen LogP contribution in [0.3, 0.4) is 0 Å². The molecule has 5 rings (SSSR count). The maximum atomic E-state index is 13.1. The summed E-state index contributed by atoms with van der Waals surface area (Å²) in [6.45, 7) is 2.63. The molecule has 0 aromatic heterocycles. The minimum atomic E-state index is -1.12. The van der Waals surface area contributed by atoms with Crippen LogP contribution < -0.4 is 25.4 Å². The predicted molar refractivity (Wildman–Crippen MR) is 137 cm³/mol. The lowest BCUT2D eigenvalue weighted by atomic mass is 10.0. The summed E-state index contributed by atoms with van der Waals surface area (Å²) in [5.74, 6) is 0.953. The molecule has 36 heavy (non-hydrogen) atoms. The van der Waals surface area contributed by atoms with Gasteiger partial charge < -0.3 is 25.4 Å². The fraction of sp³-hybridized carbons (Fsp3) is 0.214. The summed E-state index contributed by atoms with van der Waals surface area (Å²) in [5.41, 5.74) is 2.80. The number of hydrogen-bond acceptors (Lipinski definition) is 5. The first-order valence-electron chi connectivity index (χ1n) is 11.7. The minimum absolute atomic E-state index is 0.367. The molecule has 3 aromatic rings. The summed E-state index contributed by atoms with van der Waals surface area (Å²) in [5, 5.41) is 8.88. The minimum Gasteiger partial charge on any atom is -0.496 e. The highest BCUT2D eigenvalue weighted by Gasteiger charge is 2.56. The number of carbonyl (C=O) groups excluding carboxylic acids is 2. The van der Waals surface area contributed by atoms with Crippen molar-refractivity contribution < 1.29 is 23.5 Å². The molecule has 3 N–H and O–H groups in total. The molecule has 0 bridgehead atoms. The Balaban J connectivity index is 1.24. The highest BCUT2D eigenvalue weighted by atomic mass is 19.1. The number of nitrogens with one attached hydrogen (secondary N) is 3.